The van der Waals surface area contributed by atoms with Crippen molar-refractivity contribution >= 4 is 28.1 Å². The van der Waals surface area contributed by atoms with Crippen LogP contribution in [-0.4, -0.2) is 15.3 Å². The van der Waals surface area contributed by atoms with Crippen LogP contribution >= 0.6 is 11.3 Å². The van der Waals surface area contributed by atoms with Crippen molar-refractivity contribution < 1.29 is 18.5 Å². The van der Waals surface area contributed by atoms with Crippen molar-refractivity contribution in [3.63, 3.8) is 0 Å². The Kier molecular flexibility index (Phi) is 3.21. The zero-order chi connectivity index (χ0) is 11.5. The van der Waals surface area contributed by atoms with Gasteiger partial charge >= 0.3 is 5.97 Å². The molecule has 1 N–H and O–H groups in total. The number of rotatable bonds is 4. The fraction of sp³-hybridized carbons (Fsp3) is 0.100. The minimum Gasteiger partial charge on any atom is -0.475 e. The molecule has 6 heteroatoms. The van der Waals surface area contributed by atoms with Gasteiger partial charge in [-0.2, -0.15) is 0 Å². The van der Waals surface area contributed by atoms with Crippen LogP contribution in [0.5, 0.6) is 0 Å². The van der Waals surface area contributed by atoms with E-state index in [-0.39, 0.29) is 11.5 Å². The van der Waals surface area contributed by atoms with Crippen LogP contribution in [0.25, 0.3) is 0 Å². The van der Waals surface area contributed by atoms with E-state index in [2.05, 4.69) is 0 Å². The lowest BCUT2D eigenvalue weighted by Crippen LogP contribution is -1.94. The van der Waals surface area contributed by atoms with Gasteiger partial charge in [0.1, 0.15) is 5.76 Å². The maximum atomic E-state index is 11.8. The minimum absolute atomic E-state index is 0.127. The van der Waals surface area contributed by atoms with Crippen LogP contribution in [0.3, 0.4) is 0 Å². The highest BCUT2D eigenvalue weighted by Crippen LogP contribution is 2.18. The van der Waals surface area contributed by atoms with E-state index in [1.165, 1.54) is 23.5 Å². The van der Waals surface area contributed by atoms with Gasteiger partial charge in [-0.05, 0) is 23.6 Å². The summed E-state index contributed by atoms with van der Waals surface area (Å²) >= 11 is 1.41. The first-order chi connectivity index (χ1) is 7.66. The lowest BCUT2D eigenvalue weighted by atomic mass is 10.4. The van der Waals surface area contributed by atoms with Gasteiger partial charge in [0.05, 0.1) is 20.8 Å². The van der Waals surface area contributed by atoms with E-state index in [9.17, 15) is 9.00 Å². The van der Waals surface area contributed by atoms with Gasteiger partial charge in [-0.1, -0.05) is 6.07 Å². The van der Waals surface area contributed by atoms with E-state index >= 15 is 0 Å². The second-order valence-electron chi connectivity index (χ2n) is 2.99. The monoisotopic (exact) mass is 256 g/mol. The number of hydrogen-bond donors (Lipinski definition) is 1. The number of carboxylic acid groups (broad SMARTS) is 1. The molecule has 2 aromatic rings. The molecule has 0 saturated carbocycles. The van der Waals surface area contributed by atoms with Crippen LogP contribution in [0.4, 0.5) is 0 Å². The molecule has 0 aromatic carbocycles. The third-order valence-corrected chi connectivity index (χ3v) is 4.50. The highest BCUT2D eigenvalue weighted by Gasteiger charge is 2.12. The molecule has 4 nitrogen and oxygen atoms in total. The number of carboxylic acids is 1. The van der Waals surface area contributed by atoms with Crippen LogP contribution in [0.1, 0.15) is 16.3 Å². The summed E-state index contributed by atoms with van der Waals surface area (Å²) in [4.78, 5) is 10.6. The Bertz CT molecular complexity index is 513. The maximum absolute atomic E-state index is 11.8. The zero-order valence-electron chi connectivity index (χ0n) is 8.08. The third kappa shape index (κ3) is 2.40. The average molecular weight is 256 g/mol. The molecule has 0 aliphatic heterocycles. The van der Waals surface area contributed by atoms with Gasteiger partial charge in [-0.3, -0.25) is 4.21 Å². The first kappa shape index (κ1) is 11.1. The van der Waals surface area contributed by atoms with Gasteiger partial charge in [0, 0.05) is 0 Å². The average Bonchev–Trinajstić information content (AvgIpc) is 2.87. The highest BCUT2D eigenvalue weighted by molar-refractivity contribution is 7.86. The Morgan fingerprint density at radius 1 is 1.44 bits per heavy atom. The smallest absolute Gasteiger partial charge is 0.371 e. The SMILES string of the molecule is O=C(O)c1ccc(CS(=O)c2cccs2)o1. The summed E-state index contributed by atoms with van der Waals surface area (Å²) in [6.07, 6.45) is 0. The molecular weight excluding hydrogens is 248 g/mol. The van der Waals surface area contributed by atoms with Crippen molar-refractivity contribution in [3.05, 3.63) is 41.2 Å². The first-order valence-electron chi connectivity index (χ1n) is 4.40. The van der Waals surface area contributed by atoms with E-state index in [0.717, 1.165) is 4.21 Å². The summed E-state index contributed by atoms with van der Waals surface area (Å²) in [5, 5.41) is 10.5. The Labute approximate surface area is 98.0 Å². The van der Waals surface area contributed by atoms with Gasteiger partial charge in [0.2, 0.25) is 5.76 Å². The van der Waals surface area contributed by atoms with Crippen LogP contribution in [0.15, 0.2) is 38.3 Å². The highest BCUT2D eigenvalue weighted by atomic mass is 32.2. The number of furan rings is 1. The topological polar surface area (TPSA) is 67.5 Å². The van der Waals surface area contributed by atoms with E-state index in [1.807, 2.05) is 11.4 Å². The minimum atomic E-state index is -1.17. The Morgan fingerprint density at radius 3 is 2.81 bits per heavy atom. The summed E-state index contributed by atoms with van der Waals surface area (Å²) < 4.78 is 17.6. The molecule has 0 fully saturated rings. The quantitative estimate of drug-likeness (QED) is 0.911. The summed E-state index contributed by atoms with van der Waals surface area (Å²) in [5.41, 5.74) is 0. The van der Waals surface area contributed by atoms with Gasteiger partial charge < -0.3 is 9.52 Å². The molecule has 2 rings (SSSR count). The fourth-order valence-corrected chi connectivity index (χ4v) is 3.17. The van der Waals surface area contributed by atoms with Gasteiger partial charge in [-0.15, -0.1) is 11.3 Å². The van der Waals surface area contributed by atoms with Crippen molar-refractivity contribution in [1.82, 2.24) is 0 Å². The van der Waals surface area contributed by atoms with Gasteiger partial charge in [0.25, 0.3) is 0 Å². The molecule has 84 valence electrons. The van der Waals surface area contributed by atoms with E-state index in [4.69, 9.17) is 9.52 Å². The Balaban J connectivity index is 2.09. The van der Waals surface area contributed by atoms with Crippen molar-refractivity contribution in [2.75, 3.05) is 0 Å². The summed E-state index contributed by atoms with van der Waals surface area (Å²) in [7, 11) is -1.17. The van der Waals surface area contributed by atoms with Crippen LogP contribution in [-0.2, 0) is 16.6 Å². The molecule has 0 saturated heterocycles. The second-order valence-corrected chi connectivity index (χ2v) is 5.62. The molecule has 0 aliphatic carbocycles. The van der Waals surface area contributed by atoms with Crippen molar-refractivity contribution in [3.8, 4) is 0 Å². The predicted molar refractivity (Wildman–Crippen MR) is 60.1 cm³/mol. The zero-order valence-corrected chi connectivity index (χ0v) is 9.72. The van der Waals surface area contributed by atoms with Crippen molar-refractivity contribution in [1.29, 1.82) is 0 Å². The summed E-state index contributed by atoms with van der Waals surface area (Å²) in [6, 6.07) is 6.50. The molecular formula is C10H8O4S2. The Hall–Kier alpha value is -1.40. The fourth-order valence-electron chi connectivity index (χ4n) is 1.16. The van der Waals surface area contributed by atoms with Crippen LogP contribution in [0, 0.1) is 0 Å². The molecule has 0 bridgehead atoms. The number of aromatic carboxylic acids is 1. The van der Waals surface area contributed by atoms with E-state index in [0.29, 0.717) is 5.76 Å². The van der Waals surface area contributed by atoms with Gasteiger partial charge in [0.15, 0.2) is 0 Å². The molecule has 0 spiro atoms. The summed E-state index contributed by atoms with van der Waals surface area (Å²) in [5.74, 6) is -0.621. The van der Waals surface area contributed by atoms with E-state index in [1.54, 1.807) is 6.07 Å². The number of carbonyl (C=O) groups is 1. The standard InChI is InChI=1S/C10H8O4S2/c11-10(12)8-4-3-7(14-8)6-16(13)9-2-1-5-15-9/h1-5H,6H2,(H,11,12). The lowest BCUT2D eigenvalue weighted by molar-refractivity contribution is 0.0661. The number of hydrogen-bond acceptors (Lipinski definition) is 4. The molecule has 1 unspecified atom stereocenters. The van der Waals surface area contributed by atoms with E-state index < -0.39 is 16.8 Å². The van der Waals surface area contributed by atoms with Gasteiger partial charge in [-0.25, -0.2) is 4.79 Å². The molecule has 1 atom stereocenters. The van der Waals surface area contributed by atoms with Crippen LogP contribution in [0.2, 0.25) is 0 Å². The predicted octanol–water partition coefficient (Wildman–Crippen LogP) is 2.35. The van der Waals surface area contributed by atoms with Crippen molar-refractivity contribution in [2.24, 2.45) is 0 Å². The largest absolute Gasteiger partial charge is 0.475 e. The molecule has 0 amide bonds. The molecule has 0 radical (unpaired) electrons. The Morgan fingerprint density at radius 2 is 2.25 bits per heavy atom. The lowest BCUT2D eigenvalue weighted by Gasteiger charge is -1.95. The molecule has 0 aliphatic rings. The maximum Gasteiger partial charge on any atom is 0.371 e. The normalized spacial score (nSPS) is 12.5. The third-order valence-electron chi connectivity index (χ3n) is 1.87. The second kappa shape index (κ2) is 4.63. The molecule has 16 heavy (non-hydrogen) atoms. The molecule has 2 aromatic heterocycles. The molecule has 2 heterocycles. The first-order valence-corrected chi connectivity index (χ1v) is 6.60. The summed E-state index contributed by atoms with van der Waals surface area (Å²) in [6.45, 7) is 0. The number of thiophene rings is 1. The van der Waals surface area contributed by atoms with Crippen LogP contribution < -0.4 is 0 Å². The van der Waals surface area contributed by atoms with Crippen molar-refractivity contribution in [2.45, 2.75) is 9.96 Å².